The molecule has 1 amide bonds. The van der Waals surface area contributed by atoms with Crippen LogP contribution in [0.5, 0.6) is 0 Å². The summed E-state index contributed by atoms with van der Waals surface area (Å²) in [6.45, 7) is 1.11. The number of thioether (sulfide) groups is 1. The Kier molecular flexibility index (Phi) is 6.41. The molecule has 0 saturated carbocycles. The van der Waals surface area contributed by atoms with Crippen LogP contribution in [0.3, 0.4) is 0 Å². The van der Waals surface area contributed by atoms with Gasteiger partial charge in [-0.25, -0.2) is 12.8 Å². The number of halogens is 2. The quantitative estimate of drug-likeness (QED) is 0.686. The highest BCUT2D eigenvalue weighted by atomic mass is 35.5. The van der Waals surface area contributed by atoms with E-state index in [9.17, 15) is 17.6 Å². The average Bonchev–Trinajstić information content (AvgIpc) is 2.68. The van der Waals surface area contributed by atoms with E-state index in [0.29, 0.717) is 18.1 Å². The lowest BCUT2D eigenvalue weighted by Gasteiger charge is -2.34. The van der Waals surface area contributed by atoms with Gasteiger partial charge in [0.1, 0.15) is 5.82 Å². The van der Waals surface area contributed by atoms with E-state index in [1.54, 1.807) is 17.0 Å². The number of amides is 1. The molecule has 2 aromatic carbocycles. The van der Waals surface area contributed by atoms with Crippen molar-refractivity contribution in [3.8, 4) is 0 Å². The molecule has 1 aliphatic rings. The summed E-state index contributed by atoms with van der Waals surface area (Å²) in [4.78, 5) is 15.0. The second-order valence-electron chi connectivity index (χ2n) is 5.98. The van der Waals surface area contributed by atoms with Crippen LogP contribution >= 0.6 is 23.4 Å². The zero-order valence-corrected chi connectivity index (χ0v) is 16.7. The maximum absolute atomic E-state index is 13.0. The molecule has 0 unspecified atom stereocenters. The zero-order chi connectivity index (χ0) is 19.4. The molecule has 0 radical (unpaired) electrons. The fraction of sp³-hybridized carbons (Fsp3) is 0.278. The van der Waals surface area contributed by atoms with E-state index in [0.717, 1.165) is 17.0 Å². The van der Waals surface area contributed by atoms with Crippen LogP contribution in [0.2, 0.25) is 5.02 Å². The summed E-state index contributed by atoms with van der Waals surface area (Å²) in [5, 5.41) is 0.643. The third kappa shape index (κ3) is 5.01. The number of sulfonamides is 1. The van der Waals surface area contributed by atoms with Gasteiger partial charge in [0.25, 0.3) is 0 Å². The number of piperazine rings is 1. The van der Waals surface area contributed by atoms with E-state index in [-0.39, 0.29) is 29.6 Å². The Hall–Kier alpha value is -1.61. The molecule has 5 nitrogen and oxygen atoms in total. The highest BCUT2D eigenvalue weighted by molar-refractivity contribution is 8.00. The first kappa shape index (κ1) is 20.1. The van der Waals surface area contributed by atoms with Gasteiger partial charge in [-0.05, 0) is 48.5 Å². The van der Waals surface area contributed by atoms with Gasteiger partial charge in [0.15, 0.2) is 0 Å². The van der Waals surface area contributed by atoms with Gasteiger partial charge in [-0.3, -0.25) is 4.79 Å². The number of nitrogens with zero attached hydrogens (tertiary/aromatic N) is 2. The van der Waals surface area contributed by atoms with E-state index in [1.165, 1.54) is 28.2 Å². The molecule has 1 saturated heterocycles. The monoisotopic (exact) mass is 428 g/mol. The molecule has 1 heterocycles. The molecule has 1 aliphatic heterocycles. The molecule has 27 heavy (non-hydrogen) atoms. The maximum Gasteiger partial charge on any atom is 0.243 e. The number of hydrogen-bond acceptors (Lipinski definition) is 4. The van der Waals surface area contributed by atoms with Crippen LogP contribution in [-0.2, 0) is 14.8 Å². The molecule has 0 bridgehead atoms. The summed E-state index contributed by atoms with van der Waals surface area (Å²) in [5.41, 5.74) is 0. The lowest BCUT2D eigenvalue weighted by molar-refractivity contribution is -0.129. The van der Waals surface area contributed by atoms with Crippen LogP contribution in [0.25, 0.3) is 0 Å². The Labute approximate surface area is 167 Å². The van der Waals surface area contributed by atoms with Crippen molar-refractivity contribution in [2.24, 2.45) is 0 Å². The number of carbonyl (C=O) groups is 1. The van der Waals surface area contributed by atoms with Gasteiger partial charge >= 0.3 is 0 Å². The molecular weight excluding hydrogens is 411 g/mol. The van der Waals surface area contributed by atoms with Crippen molar-refractivity contribution in [3.63, 3.8) is 0 Å². The van der Waals surface area contributed by atoms with E-state index >= 15 is 0 Å². The topological polar surface area (TPSA) is 57.7 Å². The molecule has 0 N–H and O–H groups in total. The molecule has 0 atom stereocenters. The summed E-state index contributed by atoms with van der Waals surface area (Å²) >= 11 is 7.26. The van der Waals surface area contributed by atoms with Crippen LogP contribution < -0.4 is 0 Å². The van der Waals surface area contributed by atoms with E-state index in [4.69, 9.17) is 11.6 Å². The molecule has 1 fully saturated rings. The standard InChI is InChI=1S/C18H18ClFN2O3S2/c19-14-1-5-16(6-2-14)26-13-18(23)21-9-11-22(12-10-21)27(24,25)17-7-3-15(20)4-8-17/h1-8H,9-13H2. The Morgan fingerprint density at radius 2 is 1.59 bits per heavy atom. The summed E-state index contributed by atoms with van der Waals surface area (Å²) in [5.74, 6) is -0.233. The zero-order valence-electron chi connectivity index (χ0n) is 14.3. The predicted octanol–water partition coefficient (Wildman–Crippen LogP) is 3.10. The van der Waals surface area contributed by atoms with Gasteiger partial charge in [-0.15, -0.1) is 11.8 Å². The first-order valence-corrected chi connectivity index (χ1v) is 11.1. The predicted molar refractivity (Wildman–Crippen MR) is 104 cm³/mol. The maximum atomic E-state index is 13.0. The Morgan fingerprint density at radius 3 is 2.19 bits per heavy atom. The van der Waals surface area contributed by atoms with Crippen LogP contribution in [0, 0.1) is 5.82 Å². The summed E-state index contributed by atoms with van der Waals surface area (Å²) in [6.07, 6.45) is 0. The molecule has 144 valence electrons. The molecule has 2 aromatic rings. The van der Waals surface area contributed by atoms with Gasteiger partial charge in [0.05, 0.1) is 10.6 Å². The fourth-order valence-electron chi connectivity index (χ4n) is 2.70. The summed E-state index contributed by atoms with van der Waals surface area (Å²) < 4.78 is 39.5. The van der Waals surface area contributed by atoms with Crippen molar-refractivity contribution in [1.29, 1.82) is 0 Å². The Morgan fingerprint density at radius 1 is 1.00 bits per heavy atom. The van der Waals surface area contributed by atoms with Crippen molar-refractivity contribution in [2.75, 3.05) is 31.9 Å². The smallest absolute Gasteiger partial charge is 0.243 e. The number of carbonyl (C=O) groups excluding carboxylic acids is 1. The van der Waals surface area contributed by atoms with Crippen molar-refractivity contribution in [2.45, 2.75) is 9.79 Å². The number of benzene rings is 2. The first-order chi connectivity index (χ1) is 12.9. The third-order valence-electron chi connectivity index (χ3n) is 4.22. The molecule has 3 rings (SSSR count). The molecule has 0 spiro atoms. The van der Waals surface area contributed by atoms with Crippen molar-refractivity contribution < 1.29 is 17.6 Å². The average molecular weight is 429 g/mol. The van der Waals surface area contributed by atoms with Gasteiger partial charge < -0.3 is 4.90 Å². The fourth-order valence-corrected chi connectivity index (χ4v) is 5.05. The normalized spacial score (nSPS) is 15.7. The van der Waals surface area contributed by atoms with Crippen molar-refractivity contribution in [3.05, 3.63) is 59.4 Å². The van der Waals surface area contributed by atoms with Gasteiger partial charge in [0.2, 0.25) is 15.9 Å². The highest BCUT2D eigenvalue weighted by Gasteiger charge is 2.30. The first-order valence-electron chi connectivity index (χ1n) is 8.28. The highest BCUT2D eigenvalue weighted by Crippen LogP contribution is 2.22. The second-order valence-corrected chi connectivity index (χ2v) is 9.40. The third-order valence-corrected chi connectivity index (χ3v) is 7.38. The summed E-state index contributed by atoms with van der Waals surface area (Å²) in [6, 6.07) is 12.0. The SMILES string of the molecule is O=C(CSc1ccc(Cl)cc1)N1CCN(S(=O)(=O)c2ccc(F)cc2)CC1. The van der Waals surface area contributed by atoms with Crippen LogP contribution in [0.4, 0.5) is 4.39 Å². The van der Waals surface area contributed by atoms with E-state index in [1.807, 2.05) is 12.1 Å². The molecule has 0 aliphatic carbocycles. The van der Waals surface area contributed by atoms with E-state index in [2.05, 4.69) is 0 Å². The number of rotatable bonds is 5. The van der Waals surface area contributed by atoms with Crippen molar-refractivity contribution in [1.82, 2.24) is 9.21 Å². The molecule has 9 heteroatoms. The minimum absolute atomic E-state index is 0.0335. The minimum Gasteiger partial charge on any atom is -0.339 e. The molecule has 0 aromatic heterocycles. The lowest BCUT2D eigenvalue weighted by Crippen LogP contribution is -2.50. The lowest BCUT2D eigenvalue weighted by atomic mass is 10.3. The van der Waals surface area contributed by atoms with Crippen LogP contribution in [0.1, 0.15) is 0 Å². The minimum atomic E-state index is -3.68. The second kappa shape index (κ2) is 8.60. The largest absolute Gasteiger partial charge is 0.339 e. The van der Waals surface area contributed by atoms with Crippen LogP contribution in [0.15, 0.2) is 58.3 Å². The van der Waals surface area contributed by atoms with Gasteiger partial charge in [-0.2, -0.15) is 4.31 Å². The Bertz CT molecular complexity index is 897. The van der Waals surface area contributed by atoms with E-state index < -0.39 is 15.8 Å². The Balaban J connectivity index is 1.54. The van der Waals surface area contributed by atoms with Gasteiger partial charge in [0, 0.05) is 36.1 Å². The van der Waals surface area contributed by atoms with Crippen LogP contribution in [-0.4, -0.2) is 55.5 Å². The molecular formula is C18H18ClFN2O3S2. The van der Waals surface area contributed by atoms with Gasteiger partial charge in [-0.1, -0.05) is 11.6 Å². The number of hydrogen-bond donors (Lipinski definition) is 0. The van der Waals surface area contributed by atoms with Crippen molar-refractivity contribution >= 4 is 39.3 Å². The summed E-state index contributed by atoms with van der Waals surface area (Å²) in [7, 11) is -3.68.